The molecule has 126 valence electrons. The topological polar surface area (TPSA) is 18.5 Å². The molecule has 0 unspecified atom stereocenters. The van der Waals surface area contributed by atoms with E-state index in [1.54, 1.807) is 0 Å². The Labute approximate surface area is 152 Å². The summed E-state index contributed by atoms with van der Waals surface area (Å²) in [5.74, 6) is 0. The fourth-order valence-electron chi connectivity index (χ4n) is 3.64. The number of alkyl halides is 1. The molecule has 2 aromatic carbocycles. The molecule has 0 aliphatic carbocycles. The van der Waals surface area contributed by atoms with Gasteiger partial charge in [0.15, 0.2) is 0 Å². The number of hydrogen-bond donors (Lipinski definition) is 0. The highest BCUT2D eigenvalue weighted by Gasteiger charge is 2.60. The lowest BCUT2D eigenvalue weighted by Crippen LogP contribution is -2.49. The van der Waals surface area contributed by atoms with Gasteiger partial charge in [0.05, 0.1) is 28.9 Å². The third kappa shape index (κ3) is 3.11. The van der Waals surface area contributed by atoms with E-state index in [1.165, 1.54) is 10.5 Å². The van der Waals surface area contributed by atoms with Crippen LogP contribution in [0, 0.1) is 0 Å². The van der Waals surface area contributed by atoms with Crippen molar-refractivity contribution in [3.63, 3.8) is 0 Å². The van der Waals surface area contributed by atoms with E-state index >= 15 is 0 Å². The third-order valence-electron chi connectivity index (χ3n) is 4.93. The minimum Gasteiger partial charge on any atom is -0.369 e. The molecule has 0 spiro atoms. The summed E-state index contributed by atoms with van der Waals surface area (Å²) >= 11 is 8.59. The van der Waals surface area contributed by atoms with Crippen LogP contribution in [-0.2, 0) is 16.1 Å². The van der Waals surface area contributed by atoms with Gasteiger partial charge in [0, 0.05) is 11.3 Å². The first-order valence-electron chi connectivity index (χ1n) is 8.35. The molecule has 2 aromatic rings. The quantitative estimate of drug-likeness (QED) is 0.706. The standard InChI is InChI=1S/C20H21ClO2S/c1-20(22-13-14-8-4-2-5-9-14)12-16-18(17(21)19(20)23-16)24-15-10-6-3-7-11-15/h2-11,16-19H,12-13H2,1H3/t16-,17+,18-,19-,20-/m0/s1. The first-order chi connectivity index (χ1) is 11.7. The van der Waals surface area contributed by atoms with Gasteiger partial charge in [-0.15, -0.1) is 23.4 Å². The number of halogens is 1. The molecule has 2 saturated heterocycles. The molecular weight excluding hydrogens is 340 g/mol. The molecule has 4 rings (SSSR count). The Morgan fingerprint density at radius 3 is 2.46 bits per heavy atom. The van der Waals surface area contributed by atoms with Crippen molar-refractivity contribution in [1.29, 1.82) is 0 Å². The van der Waals surface area contributed by atoms with Crippen LogP contribution in [0.1, 0.15) is 18.9 Å². The second-order valence-corrected chi connectivity index (χ2v) is 8.48. The summed E-state index contributed by atoms with van der Waals surface area (Å²) < 4.78 is 12.5. The zero-order valence-corrected chi connectivity index (χ0v) is 15.2. The molecule has 4 heteroatoms. The van der Waals surface area contributed by atoms with Crippen molar-refractivity contribution in [2.45, 2.75) is 53.3 Å². The van der Waals surface area contributed by atoms with Gasteiger partial charge in [-0.05, 0) is 24.6 Å². The number of thioether (sulfide) groups is 1. The summed E-state index contributed by atoms with van der Waals surface area (Å²) in [6.45, 7) is 2.74. The van der Waals surface area contributed by atoms with Gasteiger partial charge in [0.25, 0.3) is 0 Å². The maximum atomic E-state index is 6.77. The molecule has 0 saturated carbocycles. The van der Waals surface area contributed by atoms with Crippen LogP contribution < -0.4 is 0 Å². The lowest BCUT2D eigenvalue weighted by atomic mass is 9.85. The van der Waals surface area contributed by atoms with E-state index in [-0.39, 0.29) is 28.4 Å². The van der Waals surface area contributed by atoms with Gasteiger partial charge in [-0.2, -0.15) is 0 Å². The van der Waals surface area contributed by atoms with E-state index in [2.05, 4.69) is 43.3 Å². The molecule has 0 radical (unpaired) electrons. The van der Waals surface area contributed by atoms with Crippen LogP contribution >= 0.6 is 23.4 Å². The maximum absolute atomic E-state index is 6.77. The van der Waals surface area contributed by atoms with E-state index in [4.69, 9.17) is 21.1 Å². The number of benzene rings is 2. The van der Waals surface area contributed by atoms with Crippen LogP contribution in [0.3, 0.4) is 0 Å². The number of hydrogen-bond acceptors (Lipinski definition) is 3. The van der Waals surface area contributed by atoms with Crippen LogP contribution in [-0.4, -0.2) is 28.4 Å². The van der Waals surface area contributed by atoms with Gasteiger partial charge in [-0.1, -0.05) is 48.5 Å². The zero-order valence-electron chi connectivity index (χ0n) is 13.6. The molecule has 2 fully saturated rings. The summed E-state index contributed by atoms with van der Waals surface area (Å²) in [6.07, 6.45) is 1.01. The fourth-order valence-corrected chi connectivity index (χ4v) is 5.50. The van der Waals surface area contributed by atoms with Crippen LogP contribution in [0.15, 0.2) is 65.6 Å². The van der Waals surface area contributed by atoms with Gasteiger partial charge in [-0.3, -0.25) is 0 Å². The predicted octanol–water partition coefficient (Wildman–Crippen LogP) is 4.90. The lowest BCUT2D eigenvalue weighted by Gasteiger charge is -2.37. The van der Waals surface area contributed by atoms with Crippen molar-refractivity contribution in [2.24, 2.45) is 0 Å². The van der Waals surface area contributed by atoms with Crippen LogP contribution in [0.4, 0.5) is 0 Å². The van der Waals surface area contributed by atoms with E-state index in [9.17, 15) is 0 Å². The molecule has 0 aromatic heterocycles. The lowest BCUT2D eigenvalue weighted by molar-refractivity contribution is -0.0828. The second kappa shape index (κ2) is 6.72. The van der Waals surface area contributed by atoms with Crippen molar-refractivity contribution in [3.8, 4) is 0 Å². The summed E-state index contributed by atoms with van der Waals surface area (Å²) in [4.78, 5) is 1.25. The molecule has 2 aliphatic heterocycles. The third-order valence-corrected chi connectivity index (χ3v) is 6.99. The Bertz CT molecular complexity index is 679. The highest BCUT2D eigenvalue weighted by atomic mass is 35.5. The summed E-state index contributed by atoms with van der Waals surface area (Å²) in [6, 6.07) is 20.7. The number of ether oxygens (including phenoxy) is 2. The summed E-state index contributed by atoms with van der Waals surface area (Å²) in [7, 11) is 0. The summed E-state index contributed by atoms with van der Waals surface area (Å²) in [5, 5.41) is 0.252. The molecular formula is C20H21ClO2S. The van der Waals surface area contributed by atoms with Gasteiger partial charge < -0.3 is 9.47 Å². The van der Waals surface area contributed by atoms with Gasteiger partial charge in [0.2, 0.25) is 0 Å². The molecule has 24 heavy (non-hydrogen) atoms. The van der Waals surface area contributed by atoms with Crippen molar-refractivity contribution in [3.05, 3.63) is 66.2 Å². The second-order valence-electron chi connectivity index (χ2n) is 6.73. The maximum Gasteiger partial charge on any atom is 0.104 e. The number of fused-ring (bicyclic) bond motifs is 2. The molecule has 5 atom stereocenters. The molecule has 2 bridgehead atoms. The van der Waals surface area contributed by atoms with Gasteiger partial charge in [0.1, 0.15) is 6.10 Å². The Kier molecular flexibility index (Phi) is 4.61. The highest BCUT2D eigenvalue weighted by Crippen LogP contribution is 2.51. The Morgan fingerprint density at radius 2 is 1.79 bits per heavy atom. The molecule has 0 N–H and O–H groups in total. The van der Waals surface area contributed by atoms with Crippen molar-refractivity contribution in [1.82, 2.24) is 0 Å². The Balaban J connectivity index is 1.42. The average molecular weight is 361 g/mol. The number of rotatable bonds is 5. The van der Waals surface area contributed by atoms with Crippen LogP contribution in [0.25, 0.3) is 0 Å². The molecule has 0 amide bonds. The minimum atomic E-state index is -0.305. The first kappa shape index (κ1) is 16.5. The van der Waals surface area contributed by atoms with Crippen molar-refractivity contribution < 1.29 is 9.47 Å². The smallest absolute Gasteiger partial charge is 0.104 e. The van der Waals surface area contributed by atoms with Crippen LogP contribution in [0.5, 0.6) is 0 Å². The van der Waals surface area contributed by atoms with E-state index in [0.29, 0.717) is 6.61 Å². The minimum absolute atomic E-state index is 0.0327. The van der Waals surface area contributed by atoms with E-state index in [0.717, 1.165) is 6.42 Å². The molecule has 2 nitrogen and oxygen atoms in total. The SMILES string of the molecule is C[C@]1(OCc2ccccc2)C[C@@H]2O[C@H]1[C@H](Cl)[C@H]2Sc1ccccc1. The zero-order chi connectivity index (χ0) is 16.6. The van der Waals surface area contributed by atoms with Crippen molar-refractivity contribution in [2.75, 3.05) is 0 Å². The predicted molar refractivity (Wildman–Crippen MR) is 98.6 cm³/mol. The normalized spacial score (nSPS) is 34.6. The Hall–Kier alpha value is -1.00. The van der Waals surface area contributed by atoms with Gasteiger partial charge >= 0.3 is 0 Å². The van der Waals surface area contributed by atoms with Crippen LogP contribution in [0.2, 0.25) is 0 Å². The summed E-state index contributed by atoms with van der Waals surface area (Å²) in [5.41, 5.74) is 0.878. The monoisotopic (exact) mass is 360 g/mol. The fraction of sp³-hybridized carbons (Fsp3) is 0.400. The largest absolute Gasteiger partial charge is 0.369 e. The average Bonchev–Trinajstić information content (AvgIpc) is 3.11. The van der Waals surface area contributed by atoms with E-state index < -0.39 is 0 Å². The Morgan fingerprint density at radius 1 is 1.12 bits per heavy atom. The van der Waals surface area contributed by atoms with Gasteiger partial charge in [-0.25, -0.2) is 0 Å². The molecule has 2 aliphatic rings. The molecule has 2 heterocycles. The van der Waals surface area contributed by atoms with E-state index in [1.807, 2.05) is 36.0 Å². The van der Waals surface area contributed by atoms with Crippen molar-refractivity contribution >= 4 is 23.4 Å². The first-order valence-corrected chi connectivity index (χ1v) is 9.66. The highest BCUT2D eigenvalue weighted by molar-refractivity contribution is 8.00.